The molecular weight excluding hydrogens is 230 g/mol. The van der Waals surface area contributed by atoms with Crippen LogP contribution in [0.4, 0.5) is 0 Å². The van der Waals surface area contributed by atoms with Crippen molar-refractivity contribution in [2.24, 2.45) is 0 Å². The van der Waals surface area contributed by atoms with E-state index in [4.69, 9.17) is 0 Å². The SMILES string of the molecule is CSC(C)c1nnc(C(C)C)c2ccncc12. The van der Waals surface area contributed by atoms with Crippen LogP contribution in [0, 0.1) is 0 Å². The van der Waals surface area contributed by atoms with E-state index in [9.17, 15) is 0 Å². The third kappa shape index (κ3) is 2.27. The van der Waals surface area contributed by atoms with Crippen molar-refractivity contribution in [1.29, 1.82) is 0 Å². The van der Waals surface area contributed by atoms with E-state index in [1.165, 1.54) is 5.39 Å². The van der Waals surface area contributed by atoms with Gasteiger partial charge in [-0.05, 0) is 25.2 Å². The van der Waals surface area contributed by atoms with E-state index in [1.807, 2.05) is 18.5 Å². The molecule has 2 aromatic rings. The quantitative estimate of drug-likeness (QED) is 0.831. The zero-order chi connectivity index (χ0) is 12.4. The molecule has 0 spiro atoms. The van der Waals surface area contributed by atoms with E-state index in [0.717, 1.165) is 16.8 Å². The summed E-state index contributed by atoms with van der Waals surface area (Å²) in [5.74, 6) is 0.381. The Hall–Kier alpha value is -1.16. The van der Waals surface area contributed by atoms with Crippen LogP contribution in [-0.4, -0.2) is 21.4 Å². The van der Waals surface area contributed by atoms with Crippen molar-refractivity contribution < 1.29 is 0 Å². The molecule has 0 bridgehead atoms. The van der Waals surface area contributed by atoms with Crippen molar-refractivity contribution in [3.63, 3.8) is 0 Å². The fraction of sp³-hybridized carbons (Fsp3) is 0.462. The third-order valence-corrected chi connectivity index (χ3v) is 3.85. The topological polar surface area (TPSA) is 38.7 Å². The molecule has 2 aromatic heterocycles. The highest BCUT2D eigenvalue weighted by molar-refractivity contribution is 7.98. The van der Waals surface area contributed by atoms with Crippen LogP contribution >= 0.6 is 11.8 Å². The second kappa shape index (κ2) is 5.00. The lowest BCUT2D eigenvalue weighted by atomic mass is 10.0. The van der Waals surface area contributed by atoms with Crippen LogP contribution in [0.1, 0.15) is 43.3 Å². The Bertz CT molecular complexity index is 525. The number of hydrogen-bond donors (Lipinski definition) is 0. The van der Waals surface area contributed by atoms with Gasteiger partial charge >= 0.3 is 0 Å². The molecule has 0 N–H and O–H groups in total. The van der Waals surface area contributed by atoms with Gasteiger partial charge in [-0.1, -0.05) is 13.8 Å². The number of thioether (sulfide) groups is 1. The molecule has 4 heteroatoms. The molecule has 0 radical (unpaired) electrons. The lowest BCUT2D eigenvalue weighted by molar-refractivity contribution is 0.782. The predicted molar refractivity (Wildman–Crippen MR) is 73.4 cm³/mol. The Balaban J connectivity index is 2.70. The average Bonchev–Trinajstić information content (AvgIpc) is 2.36. The Labute approximate surface area is 106 Å². The second-order valence-corrected chi connectivity index (χ2v) is 5.60. The fourth-order valence-electron chi connectivity index (χ4n) is 1.88. The average molecular weight is 247 g/mol. The van der Waals surface area contributed by atoms with Crippen LogP contribution < -0.4 is 0 Å². The summed E-state index contributed by atoms with van der Waals surface area (Å²) in [7, 11) is 0. The van der Waals surface area contributed by atoms with E-state index in [1.54, 1.807) is 11.8 Å². The first-order chi connectivity index (χ1) is 8.15. The minimum absolute atomic E-state index is 0.343. The Morgan fingerprint density at radius 1 is 1.06 bits per heavy atom. The Kier molecular flexibility index (Phi) is 3.62. The molecule has 2 heterocycles. The summed E-state index contributed by atoms with van der Waals surface area (Å²) in [5, 5.41) is 11.4. The van der Waals surface area contributed by atoms with Gasteiger partial charge in [0, 0.05) is 28.4 Å². The van der Waals surface area contributed by atoms with Crippen molar-refractivity contribution in [1.82, 2.24) is 15.2 Å². The summed E-state index contributed by atoms with van der Waals surface area (Å²) < 4.78 is 0. The molecule has 90 valence electrons. The van der Waals surface area contributed by atoms with Gasteiger partial charge in [0.1, 0.15) is 0 Å². The maximum atomic E-state index is 4.39. The zero-order valence-electron chi connectivity index (χ0n) is 10.6. The van der Waals surface area contributed by atoms with Crippen molar-refractivity contribution in [3.05, 3.63) is 29.8 Å². The summed E-state index contributed by atoms with van der Waals surface area (Å²) in [5.41, 5.74) is 2.09. The van der Waals surface area contributed by atoms with E-state index in [2.05, 4.69) is 42.2 Å². The van der Waals surface area contributed by atoms with Crippen LogP contribution in [0.3, 0.4) is 0 Å². The van der Waals surface area contributed by atoms with Gasteiger partial charge in [0.2, 0.25) is 0 Å². The van der Waals surface area contributed by atoms with Gasteiger partial charge in [-0.2, -0.15) is 22.0 Å². The fourth-order valence-corrected chi connectivity index (χ4v) is 2.27. The molecule has 0 fully saturated rings. The van der Waals surface area contributed by atoms with Gasteiger partial charge < -0.3 is 0 Å². The summed E-state index contributed by atoms with van der Waals surface area (Å²) in [6.45, 7) is 6.43. The van der Waals surface area contributed by atoms with Crippen LogP contribution in [-0.2, 0) is 0 Å². The molecule has 0 aliphatic carbocycles. The lowest BCUT2D eigenvalue weighted by Gasteiger charge is -2.13. The highest BCUT2D eigenvalue weighted by Crippen LogP contribution is 2.31. The number of hydrogen-bond acceptors (Lipinski definition) is 4. The molecule has 0 saturated heterocycles. The summed E-state index contributed by atoms with van der Waals surface area (Å²) >= 11 is 1.78. The predicted octanol–water partition coefficient (Wildman–Crippen LogP) is 3.57. The molecule has 1 unspecified atom stereocenters. The van der Waals surface area contributed by atoms with E-state index in [0.29, 0.717) is 11.2 Å². The van der Waals surface area contributed by atoms with E-state index < -0.39 is 0 Å². The molecular formula is C13H17N3S. The van der Waals surface area contributed by atoms with Crippen molar-refractivity contribution in [2.45, 2.75) is 31.9 Å². The highest BCUT2D eigenvalue weighted by atomic mass is 32.2. The van der Waals surface area contributed by atoms with Gasteiger partial charge in [-0.15, -0.1) is 0 Å². The summed E-state index contributed by atoms with van der Waals surface area (Å²) in [6, 6.07) is 2.04. The molecule has 0 aliphatic rings. The van der Waals surface area contributed by atoms with Crippen LogP contribution in [0.2, 0.25) is 0 Å². The molecule has 0 aliphatic heterocycles. The van der Waals surface area contributed by atoms with Gasteiger partial charge in [0.05, 0.1) is 11.4 Å². The van der Waals surface area contributed by atoms with Crippen LogP contribution in [0.5, 0.6) is 0 Å². The smallest absolute Gasteiger partial charge is 0.0851 e. The lowest BCUT2D eigenvalue weighted by Crippen LogP contribution is -2.03. The summed E-state index contributed by atoms with van der Waals surface area (Å²) in [4.78, 5) is 4.21. The normalized spacial score (nSPS) is 13.2. The van der Waals surface area contributed by atoms with Gasteiger partial charge in [-0.3, -0.25) is 4.98 Å². The monoisotopic (exact) mass is 247 g/mol. The van der Waals surface area contributed by atoms with Gasteiger partial charge in [-0.25, -0.2) is 0 Å². The Morgan fingerprint density at radius 2 is 1.76 bits per heavy atom. The van der Waals surface area contributed by atoms with Crippen LogP contribution in [0.25, 0.3) is 10.8 Å². The zero-order valence-corrected chi connectivity index (χ0v) is 11.5. The standard InChI is InChI=1S/C13H17N3S/c1-8(2)12-10-5-6-14-7-11(10)13(16-15-12)9(3)17-4/h5-9H,1-4H3. The highest BCUT2D eigenvalue weighted by Gasteiger charge is 2.15. The number of pyridine rings is 1. The number of nitrogens with zero attached hydrogens (tertiary/aromatic N) is 3. The molecule has 0 saturated carbocycles. The molecule has 1 atom stereocenters. The minimum atomic E-state index is 0.343. The van der Waals surface area contributed by atoms with Crippen LogP contribution in [0.15, 0.2) is 18.5 Å². The van der Waals surface area contributed by atoms with Gasteiger partial charge in [0.25, 0.3) is 0 Å². The van der Waals surface area contributed by atoms with Crippen molar-refractivity contribution >= 4 is 22.5 Å². The largest absolute Gasteiger partial charge is 0.264 e. The number of aromatic nitrogens is 3. The Morgan fingerprint density at radius 3 is 2.41 bits per heavy atom. The molecule has 3 nitrogen and oxygen atoms in total. The number of rotatable bonds is 3. The first kappa shape index (κ1) is 12.3. The minimum Gasteiger partial charge on any atom is -0.264 e. The first-order valence-corrected chi connectivity index (χ1v) is 7.07. The molecule has 0 aromatic carbocycles. The maximum absolute atomic E-state index is 4.39. The van der Waals surface area contributed by atoms with E-state index in [-0.39, 0.29) is 0 Å². The molecule has 2 rings (SSSR count). The third-order valence-electron chi connectivity index (χ3n) is 2.92. The van der Waals surface area contributed by atoms with Crippen molar-refractivity contribution in [3.8, 4) is 0 Å². The maximum Gasteiger partial charge on any atom is 0.0851 e. The second-order valence-electron chi connectivity index (χ2n) is 4.42. The van der Waals surface area contributed by atoms with E-state index >= 15 is 0 Å². The molecule has 0 amide bonds. The first-order valence-electron chi connectivity index (χ1n) is 5.78. The molecule has 17 heavy (non-hydrogen) atoms. The van der Waals surface area contributed by atoms with Gasteiger partial charge in [0.15, 0.2) is 0 Å². The van der Waals surface area contributed by atoms with Crippen molar-refractivity contribution in [2.75, 3.05) is 6.26 Å². The number of fused-ring (bicyclic) bond motifs is 1. The summed E-state index contributed by atoms with van der Waals surface area (Å²) in [6.07, 6.45) is 5.81.